The van der Waals surface area contributed by atoms with E-state index in [1.807, 2.05) is 6.92 Å². The van der Waals surface area contributed by atoms with Crippen LogP contribution < -0.4 is 0 Å². The topological polar surface area (TPSA) is 106 Å². The zero-order valence-electron chi connectivity index (χ0n) is 17.9. The molecule has 3 fully saturated rings. The monoisotopic (exact) mass is 410 g/mol. The average molecular weight is 411 g/mol. The van der Waals surface area contributed by atoms with E-state index in [1.165, 1.54) is 6.92 Å². The molecule has 0 aromatic heterocycles. The summed E-state index contributed by atoms with van der Waals surface area (Å²) in [5, 5.41) is 21.9. The number of esters is 2. The standard InChI is InChI=1S/C22H34O7/c1-13-15-6-10-21(4,29-19(13)25)16(24)7-9-20(3,26)17(27-14(2)23)8-11-22(5)18(12-15)28-22/h15-18,24,26H,1,6-12H2,2-5H3/t15-,16+,17-,18-,20-,21-,22+/m1/s1. The Kier molecular flexibility index (Phi) is 5.89. The van der Waals surface area contributed by atoms with Gasteiger partial charge in [-0.1, -0.05) is 6.58 Å². The van der Waals surface area contributed by atoms with Gasteiger partial charge < -0.3 is 24.4 Å². The van der Waals surface area contributed by atoms with Gasteiger partial charge in [-0.05, 0) is 71.6 Å². The SMILES string of the molecule is C=C1C(=O)O[C@]2(C)CC[C@@H]1C[C@H]1O[C@@]1(C)CC[C@@H](OC(C)=O)[C@](C)(O)CC[C@@H]2O. The molecule has 1 saturated carbocycles. The molecule has 164 valence electrons. The highest BCUT2D eigenvalue weighted by molar-refractivity contribution is 5.89. The second-order valence-corrected chi connectivity index (χ2v) is 9.67. The fourth-order valence-electron chi connectivity index (χ4n) is 4.70. The number of hydrogen-bond acceptors (Lipinski definition) is 7. The Morgan fingerprint density at radius 2 is 1.79 bits per heavy atom. The summed E-state index contributed by atoms with van der Waals surface area (Å²) < 4.78 is 17.1. The van der Waals surface area contributed by atoms with Crippen LogP contribution in [0.1, 0.15) is 72.6 Å². The summed E-state index contributed by atoms with van der Waals surface area (Å²) in [6, 6.07) is 0. The molecule has 29 heavy (non-hydrogen) atoms. The van der Waals surface area contributed by atoms with E-state index >= 15 is 0 Å². The third-order valence-electron chi connectivity index (χ3n) is 7.14. The van der Waals surface area contributed by atoms with E-state index in [4.69, 9.17) is 14.2 Å². The van der Waals surface area contributed by atoms with E-state index in [1.54, 1.807) is 13.8 Å². The van der Waals surface area contributed by atoms with Crippen molar-refractivity contribution >= 4 is 11.9 Å². The quantitative estimate of drug-likeness (QED) is 0.388. The number of ether oxygens (including phenoxy) is 3. The minimum absolute atomic E-state index is 0.0304. The molecule has 1 aliphatic carbocycles. The lowest BCUT2D eigenvalue weighted by atomic mass is 9.80. The number of hydrogen-bond donors (Lipinski definition) is 2. The molecule has 0 unspecified atom stereocenters. The Morgan fingerprint density at radius 3 is 2.45 bits per heavy atom. The smallest absolute Gasteiger partial charge is 0.334 e. The van der Waals surface area contributed by atoms with Gasteiger partial charge >= 0.3 is 11.9 Å². The third-order valence-corrected chi connectivity index (χ3v) is 7.14. The Morgan fingerprint density at radius 1 is 1.14 bits per heavy atom. The van der Waals surface area contributed by atoms with Crippen LogP contribution in [0.25, 0.3) is 0 Å². The number of aliphatic hydroxyl groups excluding tert-OH is 1. The van der Waals surface area contributed by atoms with Crippen LogP contribution in [-0.2, 0) is 23.8 Å². The number of aliphatic hydroxyl groups is 2. The number of carbonyl (C=O) groups excluding carboxylic acids is 2. The van der Waals surface area contributed by atoms with Crippen LogP contribution in [0.5, 0.6) is 0 Å². The van der Waals surface area contributed by atoms with E-state index in [0.29, 0.717) is 37.7 Å². The van der Waals surface area contributed by atoms with Crippen molar-refractivity contribution in [2.24, 2.45) is 5.92 Å². The molecule has 2 bridgehead atoms. The molecule has 2 aliphatic heterocycles. The second kappa shape index (κ2) is 7.67. The van der Waals surface area contributed by atoms with Gasteiger partial charge in [-0.2, -0.15) is 0 Å². The summed E-state index contributed by atoms with van der Waals surface area (Å²) in [7, 11) is 0. The van der Waals surface area contributed by atoms with Crippen molar-refractivity contribution in [1.29, 1.82) is 0 Å². The molecule has 0 amide bonds. The molecule has 0 spiro atoms. The second-order valence-electron chi connectivity index (χ2n) is 9.67. The normalized spacial score (nSPS) is 46.1. The van der Waals surface area contributed by atoms with E-state index in [9.17, 15) is 19.8 Å². The first kappa shape index (κ1) is 22.2. The fraction of sp³-hybridized carbons (Fsp3) is 0.818. The summed E-state index contributed by atoms with van der Waals surface area (Å²) in [5.74, 6) is -0.988. The highest BCUT2D eigenvalue weighted by atomic mass is 16.6. The minimum Gasteiger partial charge on any atom is -0.460 e. The lowest BCUT2D eigenvalue weighted by Crippen LogP contribution is -2.47. The van der Waals surface area contributed by atoms with Crippen molar-refractivity contribution in [3.63, 3.8) is 0 Å². The minimum atomic E-state index is -1.32. The van der Waals surface area contributed by atoms with Crippen molar-refractivity contribution < 1.29 is 34.0 Å². The fourth-order valence-corrected chi connectivity index (χ4v) is 4.70. The van der Waals surface area contributed by atoms with Gasteiger partial charge in [0.25, 0.3) is 0 Å². The molecule has 0 aromatic carbocycles. The van der Waals surface area contributed by atoms with E-state index in [0.717, 1.165) is 0 Å². The lowest BCUT2D eigenvalue weighted by Gasteiger charge is -2.37. The van der Waals surface area contributed by atoms with E-state index in [2.05, 4.69) is 6.58 Å². The van der Waals surface area contributed by atoms with Crippen LogP contribution in [0.3, 0.4) is 0 Å². The van der Waals surface area contributed by atoms with Crippen molar-refractivity contribution in [1.82, 2.24) is 0 Å². The molecular formula is C22H34O7. The molecular weight excluding hydrogens is 376 g/mol. The molecule has 2 heterocycles. The summed E-state index contributed by atoms with van der Waals surface area (Å²) in [5.41, 5.74) is -2.33. The molecule has 7 nitrogen and oxygen atoms in total. The van der Waals surface area contributed by atoms with Crippen LogP contribution in [0.15, 0.2) is 12.2 Å². The molecule has 7 heteroatoms. The first-order valence-corrected chi connectivity index (χ1v) is 10.5. The predicted octanol–water partition coefficient (Wildman–Crippen LogP) is 2.42. The Hall–Kier alpha value is -1.44. The van der Waals surface area contributed by atoms with Crippen molar-refractivity contribution in [2.45, 2.75) is 108 Å². The van der Waals surface area contributed by atoms with Crippen LogP contribution in [0, 0.1) is 5.92 Å². The van der Waals surface area contributed by atoms with E-state index in [-0.39, 0.29) is 30.5 Å². The van der Waals surface area contributed by atoms with Gasteiger partial charge in [-0.3, -0.25) is 4.79 Å². The maximum Gasteiger partial charge on any atom is 0.334 e. The maximum absolute atomic E-state index is 12.6. The Labute approximate surface area is 172 Å². The molecule has 0 radical (unpaired) electrons. The van der Waals surface area contributed by atoms with Crippen LogP contribution in [0.2, 0.25) is 0 Å². The highest BCUT2D eigenvalue weighted by Crippen LogP contribution is 2.48. The molecule has 7 atom stereocenters. The van der Waals surface area contributed by atoms with Gasteiger partial charge in [0.1, 0.15) is 11.7 Å². The van der Waals surface area contributed by atoms with Crippen LogP contribution in [0.4, 0.5) is 0 Å². The van der Waals surface area contributed by atoms with Gasteiger partial charge in [0, 0.05) is 12.5 Å². The molecule has 2 saturated heterocycles. The average Bonchev–Trinajstić information content (AvgIpc) is 3.29. The number of rotatable bonds is 1. The Bertz CT molecular complexity index is 687. The molecule has 2 N–H and O–H groups in total. The molecule has 3 aliphatic rings. The van der Waals surface area contributed by atoms with Crippen LogP contribution in [-0.4, -0.2) is 57.3 Å². The number of epoxide rings is 1. The first-order chi connectivity index (χ1) is 13.4. The summed E-state index contributed by atoms with van der Waals surface area (Å²) >= 11 is 0. The van der Waals surface area contributed by atoms with Crippen molar-refractivity contribution in [2.75, 3.05) is 0 Å². The largest absolute Gasteiger partial charge is 0.460 e. The lowest BCUT2D eigenvalue weighted by molar-refractivity contribution is -0.172. The predicted molar refractivity (Wildman–Crippen MR) is 105 cm³/mol. The zero-order chi connectivity index (χ0) is 21.6. The van der Waals surface area contributed by atoms with Gasteiger partial charge in [-0.15, -0.1) is 0 Å². The van der Waals surface area contributed by atoms with Gasteiger partial charge in [0.2, 0.25) is 0 Å². The maximum atomic E-state index is 12.6. The summed E-state index contributed by atoms with van der Waals surface area (Å²) in [4.78, 5) is 24.2. The third kappa shape index (κ3) is 4.67. The van der Waals surface area contributed by atoms with E-state index < -0.39 is 35.3 Å². The number of carbonyl (C=O) groups is 2. The summed E-state index contributed by atoms with van der Waals surface area (Å²) in [6.07, 6.45) is 1.64. The van der Waals surface area contributed by atoms with Gasteiger partial charge in [0.05, 0.1) is 23.4 Å². The summed E-state index contributed by atoms with van der Waals surface area (Å²) in [6.45, 7) is 10.6. The van der Waals surface area contributed by atoms with Crippen LogP contribution >= 0.6 is 0 Å². The van der Waals surface area contributed by atoms with Crippen molar-refractivity contribution in [3.8, 4) is 0 Å². The van der Waals surface area contributed by atoms with Gasteiger partial charge in [0.15, 0.2) is 0 Å². The highest BCUT2D eigenvalue weighted by Gasteiger charge is 2.54. The van der Waals surface area contributed by atoms with Crippen molar-refractivity contribution in [3.05, 3.63) is 12.2 Å². The number of fused-ring (bicyclic) bond motifs is 4. The van der Waals surface area contributed by atoms with Gasteiger partial charge in [-0.25, -0.2) is 4.79 Å². The molecule has 0 aromatic rings. The Balaban J connectivity index is 1.89. The zero-order valence-corrected chi connectivity index (χ0v) is 17.9. The first-order valence-electron chi connectivity index (χ1n) is 10.5. The molecule has 3 rings (SSSR count).